The molecule has 0 spiro atoms. The van der Waals surface area contributed by atoms with E-state index in [1.807, 2.05) is 0 Å². The molecule has 1 aromatic carbocycles. The monoisotopic (exact) mass is 361 g/mol. The first-order valence-electron chi connectivity index (χ1n) is 6.01. The van der Waals surface area contributed by atoms with Crippen LogP contribution in [-0.4, -0.2) is 47.2 Å². The summed E-state index contributed by atoms with van der Waals surface area (Å²) in [5, 5.41) is 9.48. The van der Waals surface area contributed by atoms with Crippen molar-refractivity contribution in [2.24, 2.45) is 0 Å². The van der Waals surface area contributed by atoms with E-state index in [1.165, 1.54) is 4.90 Å². The van der Waals surface area contributed by atoms with Crippen LogP contribution >= 0.6 is 27.5 Å². The third kappa shape index (κ3) is 3.31. The molecule has 7 heteroatoms. The fraction of sp³-hybridized carbons (Fsp3) is 0.385. The molecule has 1 N–H and O–H groups in total. The molecule has 108 valence electrons. The van der Waals surface area contributed by atoms with Crippen LogP contribution in [0.2, 0.25) is 5.02 Å². The number of carboxylic acids is 1. The minimum Gasteiger partial charge on any atom is -0.479 e. The van der Waals surface area contributed by atoms with Crippen LogP contribution in [0.3, 0.4) is 0 Å². The van der Waals surface area contributed by atoms with E-state index in [0.717, 1.165) is 0 Å². The van der Waals surface area contributed by atoms with Crippen LogP contribution in [0, 0.1) is 0 Å². The topological polar surface area (TPSA) is 66.8 Å². The summed E-state index contributed by atoms with van der Waals surface area (Å²) in [5.41, 5.74) is 0.413. The summed E-state index contributed by atoms with van der Waals surface area (Å²) in [6.07, 6.45) is -1.33. The number of hydrogen-bond donors (Lipinski definition) is 1. The molecule has 1 aliphatic heterocycles. The molecule has 0 aromatic heterocycles. The Morgan fingerprint density at radius 1 is 1.45 bits per heavy atom. The van der Waals surface area contributed by atoms with Gasteiger partial charge in [0.15, 0.2) is 6.10 Å². The second kappa shape index (κ2) is 6.11. The Balaban J connectivity index is 2.23. The van der Waals surface area contributed by atoms with Gasteiger partial charge in [-0.15, -0.1) is 0 Å². The summed E-state index contributed by atoms with van der Waals surface area (Å²) in [6.45, 7) is 2.11. The molecule has 0 saturated carbocycles. The standard InChI is InChI=1S/C13H13BrClNO4/c1-7-5-16(6-11(20-7)13(18)19)12(17)9-4-8(15)2-3-10(9)14/h2-4,7,11H,5-6H2,1H3,(H,18,19)/t7-,11?/m1/s1. The van der Waals surface area contributed by atoms with Gasteiger partial charge in [0.25, 0.3) is 5.91 Å². The Hall–Kier alpha value is -1.11. The van der Waals surface area contributed by atoms with Gasteiger partial charge in [0.05, 0.1) is 18.2 Å². The minimum absolute atomic E-state index is 0.0253. The summed E-state index contributed by atoms with van der Waals surface area (Å²) in [6, 6.07) is 4.92. The molecule has 0 radical (unpaired) electrons. The number of carboxylic acid groups (broad SMARTS) is 1. The second-order valence-corrected chi connectivity index (χ2v) is 5.90. The van der Waals surface area contributed by atoms with Crippen molar-refractivity contribution in [1.82, 2.24) is 4.90 Å². The first-order valence-corrected chi connectivity index (χ1v) is 7.18. The zero-order valence-electron chi connectivity index (χ0n) is 10.7. The van der Waals surface area contributed by atoms with Crippen molar-refractivity contribution >= 4 is 39.4 Å². The van der Waals surface area contributed by atoms with Crippen molar-refractivity contribution in [3.05, 3.63) is 33.3 Å². The molecule has 2 rings (SSSR count). The predicted octanol–water partition coefficient (Wildman–Crippen LogP) is 2.42. The molecule has 1 aromatic rings. The average molecular weight is 363 g/mol. The van der Waals surface area contributed by atoms with Crippen LogP contribution in [-0.2, 0) is 9.53 Å². The maximum Gasteiger partial charge on any atom is 0.334 e. The maximum atomic E-state index is 12.5. The van der Waals surface area contributed by atoms with E-state index >= 15 is 0 Å². The van der Waals surface area contributed by atoms with Crippen molar-refractivity contribution in [3.63, 3.8) is 0 Å². The number of nitrogens with zero attached hydrogens (tertiary/aromatic N) is 1. The van der Waals surface area contributed by atoms with Gasteiger partial charge >= 0.3 is 5.97 Å². The minimum atomic E-state index is -1.07. The Kier molecular flexibility index (Phi) is 4.67. The van der Waals surface area contributed by atoms with Gasteiger partial charge in [-0.25, -0.2) is 4.79 Å². The predicted molar refractivity (Wildman–Crippen MR) is 77.0 cm³/mol. The quantitative estimate of drug-likeness (QED) is 0.877. The summed E-state index contributed by atoms with van der Waals surface area (Å²) >= 11 is 9.20. The molecule has 1 saturated heterocycles. The van der Waals surface area contributed by atoms with Crippen LogP contribution in [0.4, 0.5) is 0 Å². The van der Waals surface area contributed by atoms with Crippen molar-refractivity contribution in [3.8, 4) is 0 Å². The Morgan fingerprint density at radius 2 is 2.15 bits per heavy atom. The number of benzene rings is 1. The van der Waals surface area contributed by atoms with Crippen LogP contribution in [0.5, 0.6) is 0 Å². The number of halogens is 2. The molecule has 1 aliphatic rings. The van der Waals surface area contributed by atoms with Crippen molar-refractivity contribution in [2.45, 2.75) is 19.1 Å². The lowest BCUT2D eigenvalue weighted by molar-refractivity contribution is -0.160. The molecule has 0 aliphatic carbocycles. The van der Waals surface area contributed by atoms with Crippen molar-refractivity contribution < 1.29 is 19.4 Å². The number of morpholine rings is 1. The molecule has 1 fully saturated rings. The molecule has 2 atom stereocenters. The van der Waals surface area contributed by atoms with Gasteiger partial charge in [0.2, 0.25) is 0 Å². The van der Waals surface area contributed by atoms with E-state index in [2.05, 4.69) is 15.9 Å². The van der Waals surface area contributed by atoms with Gasteiger partial charge in [-0.3, -0.25) is 4.79 Å². The van der Waals surface area contributed by atoms with E-state index < -0.39 is 12.1 Å². The zero-order valence-corrected chi connectivity index (χ0v) is 13.0. The zero-order chi connectivity index (χ0) is 14.9. The molecular weight excluding hydrogens is 350 g/mol. The van der Waals surface area contributed by atoms with Crippen molar-refractivity contribution in [1.29, 1.82) is 0 Å². The fourth-order valence-electron chi connectivity index (χ4n) is 2.09. The number of amides is 1. The molecule has 20 heavy (non-hydrogen) atoms. The van der Waals surface area contributed by atoms with Crippen LogP contribution in [0.1, 0.15) is 17.3 Å². The third-order valence-electron chi connectivity index (χ3n) is 2.98. The number of carbonyl (C=O) groups excluding carboxylic acids is 1. The summed E-state index contributed by atoms with van der Waals surface area (Å²) in [7, 11) is 0. The highest BCUT2D eigenvalue weighted by atomic mass is 79.9. The number of carbonyl (C=O) groups is 2. The fourth-order valence-corrected chi connectivity index (χ4v) is 2.67. The SMILES string of the molecule is C[C@@H]1CN(C(=O)c2cc(Cl)ccc2Br)CC(C(=O)O)O1. The number of aliphatic carboxylic acids is 1. The first-order chi connectivity index (χ1) is 9.38. The van der Waals surface area contributed by atoms with Crippen molar-refractivity contribution in [2.75, 3.05) is 13.1 Å². The van der Waals surface area contributed by atoms with Crippen LogP contribution < -0.4 is 0 Å². The molecule has 5 nitrogen and oxygen atoms in total. The van der Waals surface area contributed by atoms with E-state index in [0.29, 0.717) is 21.6 Å². The van der Waals surface area contributed by atoms with Gasteiger partial charge in [-0.1, -0.05) is 11.6 Å². The van der Waals surface area contributed by atoms with E-state index in [4.69, 9.17) is 21.4 Å². The van der Waals surface area contributed by atoms with Gasteiger partial charge in [-0.05, 0) is 41.1 Å². The lowest BCUT2D eigenvalue weighted by Crippen LogP contribution is -2.51. The van der Waals surface area contributed by atoms with Gasteiger partial charge < -0.3 is 14.7 Å². The van der Waals surface area contributed by atoms with E-state index in [1.54, 1.807) is 25.1 Å². The molecule has 1 amide bonds. The van der Waals surface area contributed by atoms with Gasteiger partial charge in [-0.2, -0.15) is 0 Å². The number of ether oxygens (including phenoxy) is 1. The Morgan fingerprint density at radius 3 is 2.80 bits per heavy atom. The maximum absolute atomic E-state index is 12.5. The Bertz CT molecular complexity index is 551. The average Bonchev–Trinajstić information content (AvgIpc) is 2.40. The largest absolute Gasteiger partial charge is 0.479 e. The summed E-state index contributed by atoms with van der Waals surface area (Å²) < 4.78 is 5.91. The molecule has 0 bridgehead atoms. The van der Waals surface area contributed by atoms with E-state index in [-0.39, 0.29) is 18.6 Å². The highest BCUT2D eigenvalue weighted by molar-refractivity contribution is 9.10. The van der Waals surface area contributed by atoms with Gasteiger partial charge in [0, 0.05) is 16.0 Å². The lowest BCUT2D eigenvalue weighted by atomic mass is 10.1. The van der Waals surface area contributed by atoms with Crippen LogP contribution in [0.25, 0.3) is 0 Å². The summed E-state index contributed by atoms with van der Waals surface area (Å²) in [5.74, 6) is -1.33. The molecule has 1 unspecified atom stereocenters. The molecular formula is C13H13BrClNO4. The summed E-state index contributed by atoms with van der Waals surface area (Å²) in [4.78, 5) is 25.0. The number of hydrogen-bond acceptors (Lipinski definition) is 3. The first kappa shape index (κ1) is 15.3. The van der Waals surface area contributed by atoms with Gasteiger partial charge in [0.1, 0.15) is 0 Å². The lowest BCUT2D eigenvalue weighted by Gasteiger charge is -2.35. The highest BCUT2D eigenvalue weighted by Crippen LogP contribution is 2.24. The van der Waals surface area contributed by atoms with Crippen LogP contribution in [0.15, 0.2) is 22.7 Å². The third-order valence-corrected chi connectivity index (χ3v) is 3.91. The second-order valence-electron chi connectivity index (χ2n) is 4.61. The Labute approximate surface area is 129 Å². The normalized spacial score (nSPS) is 22.6. The number of rotatable bonds is 2. The smallest absolute Gasteiger partial charge is 0.334 e. The van der Waals surface area contributed by atoms with E-state index in [9.17, 15) is 9.59 Å². The molecule has 1 heterocycles. The highest BCUT2D eigenvalue weighted by Gasteiger charge is 2.33.